The van der Waals surface area contributed by atoms with E-state index in [1.54, 1.807) is 11.8 Å². The van der Waals surface area contributed by atoms with E-state index in [-0.39, 0.29) is 18.0 Å². The minimum absolute atomic E-state index is 0.0491. The number of amides is 3. The number of benzene rings is 1. The Morgan fingerprint density at radius 2 is 1.66 bits per heavy atom. The summed E-state index contributed by atoms with van der Waals surface area (Å²) in [6.07, 6.45) is 11.5. The lowest BCUT2D eigenvalue weighted by atomic mass is 9.95. The Balaban J connectivity index is 1.06. The quantitative estimate of drug-likeness (QED) is 0.483. The maximum Gasteiger partial charge on any atom is 0.317 e. The van der Waals surface area contributed by atoms with Crippen LogP contribution in [0.25, 0.3) is 5.65 Å². The molecule has 2 aliphatic rings. The highest BCUT2D eigenvalue weighted by molar-refractivity contribution is 7.98. The zero-order valence-corrected chi connectivity index (χ0v) is 20.8. The van der Waals surface area contributed by atoms with Crippen molar-refractivity contribution < 1.29 is 9.59 Å². The number of carbonyl (C=O) groups is 2. The number of likely N-dealkylation sites (tertiary alicyclic amines) is 1. The van der Waals surface area contributed by atoms with E-state index in [2.05, 4.69) is 21.8 Å². The fourth-order valence-electron chi connectivity index (χ4n) is 4.93. The molecule has 7 nitrogen and oxygen atoms in total. The van der Waals surface area contributed by atoms with Crippen molar-refractivity contribution in [3.8, 4) is 0 Å². The molecule has 1 saturated carbocycles. The molecule has 0 spiro atoms. The smallest absolute Gasteiger partial charge is 0.317 e. The normalized spacial score (nSPS) is 17.4. The molecule has 35 heavy (non-hydrogen) atoms. The molecule has 1 aliphatic heterocycles. The monoisotopic (exact) mass is 491 g/mol. The maximum absolute atomic E-state index is 12.8. The highest BCUT2D eigenvalue weighted by Crippen LogP contribution is 2.23. The molecule has 1 saturated heterocycles. The van der Waals surface area contributed by atoms with Crippen molar-refractivity contribution in [3.05, 3.63) is 66.1 Å². The van der Waals surface area contributed by atoms with Crippen molar-refractivity contribution in [2.45, 2.75) is 67.7 Å². The van der Waals surface area contributed by atoms with E-state index < -0.39 is 0 Å². The molecule has 2 fully saturated rings. The minimum atomic E-state index is -0.0491. The van der Waals surface area contributed by atoms with E-state index >= 15 is 0 Å². The third kappa shape index (κ3) is 6.17. The van der Waals surface area contributed by atoms with Gasteiger partial charge >= 0.3 is 6.03 Å². The molecule has 0 bridgehead atoms. The molecule has 3 aromatic rings. The number of aromatic nitrogens is 2. The molecule has 0 radical (unpaired) electrons. The Morgan fingerprint density at radius 1 is 0.914 bits per heavy atom. The maximum atomic E-state index is 12.8. The fourth-order valence-corrected chi connectivity index (χ4v) is 5.71. The highest BCUT2D eigenvalue weighted by Gasteiger charge is 2.26. The van der Waals surface area contributed by atoms with E-state index in [1.807, 2.05) is 58.0 Å². The van der Waals surface area contributed by atoms with Crippen LogP contribution in [0.3, 0.4) is 0 Å². The third-order valence-corrected chi connectivity index (χ3v) is 8.01. The molecule has 5 rings (SSSR count). The predicted octanol–water partition coefficient (Wildman–Crippen LogP) is 4.86. The van der Waals surface area contributed by atoms with Crippen LogP contribution in [0.5, 0.6) is 0 Å². The molecule has 2 N–H and O–H groups in total. The van der Waals surface area contributed by atoms with Gasteiger partial charge in [0.15, 0.2) is 0 Å². The third-order valence-electron chi connectivity index (χ3n) is 6.97. The van der Waals surface area contributed by atoms with E-state index in [1.165, 1.54) is 19.3 Å². The number of thioether (sulfide) groups is 1. The lowest BCUT2D eigenvalue weighted by Crippen LogP contribution is -2.51. The van der Waals surface area contributed by atoms with Crippen LogP contribution in [0.4, 0.5) is 4.79 Å². The Hall–Kier alpha value is -3.00. The van der Waals surface area contributed by atoms with Gasteiger partial charge in [-0.25, -0.2) is 9.78 Å². The van der Waals surface area contributed by atoms with Crippen molar-refractivity contribution in [2.75, 3.05) is 13.1 Å². The second-order valence-electron chi connectivity index (χ2n) is 9.53. The Kier molecular flexibility index (Phi) is 7.57. The lowest BCUT2D eigenvalue weighted by molar-refractivity contribution is 0.0917. The number of imidazole rings is 1. The minimum Gasteiger partial charge on any atom is -0.349 e. The van der Waals surface area contributed by atoms with Gasteiger partial charge in [0.1, 0.15) is 5.65 Å². The molecule has 2 aromatic heterocycles. The van der Waals surface area contributed by atoms with Crippen LogP contribution in [-0.2, 0) is 5.75 Å². The number of nitrogens with zero attached hydrogens (tertiary/aromatic N) is 3. The first-order valence-electron chi connectivity index (χ1n) is 12.7. The summed E-state index contributed by atoms with van der Waals surface area (Å²) in [4.78, 5) is 33.0. The number of piperidine rings is 1. The standard InChI is InChI=1S/C27H33N5O2S/c33-26(29-22-13-16-31(17-14-22)27(34)30-21-6-2-1-3-7-21)20-9-11-24(12-10-20)35-19-23-18-32-15-5-4-8-25(32)28-23/h4-5,8-12,15,18,21-22H,1-3,6-7,13-14,16-17,19H2,(H,29,33)(H,30,34). The van der Waals surface area contributed by atoms with Crippen molar-refractivity contribution in [2.24, 2.45) is 0 Å². The van der Waals surface area contributed by atoms with Crippen LogP contribution in [0.1, 0.15) is 61.0 Å². The largest absolute Gasteiger partial charge is 0.349 e. The van der Waals surface area contributed by atoms with Gasteiger partial charge in [-0.1, -0.05) is 25.3 Å². The molecular weight excluding hydrogens is 458 g/mol. The van der Waals surface area contributed by atoms with Gasteiger partial charge in [-0.3, -0.25) is 4.79 Å². The van der Waals surface area contributed by atoms with Crippen LogP contribution in [0, 0.1) is 0 Å². The van der Waals surface area contributed by atoms with Gasteiger partial charge < -0.3 is 19.9 Å². The van der Waals surface area contributed by atoms with Crippen molar-refractivity contribution >= 4 is 29.3 Å². The number of hydrogen-bond acceptors (Lipinski definition) is 4. The van der Waals surface area contributed by atoms with Crippen molar-refractivity contribution in [1.29, 1.82) is 0 Å². The van der Waals surface area contributed by atoms with Crippen LogP contribution in [-0.4, -0.2) is 51.4 Å². The van der Waals surface area contributed by atoms with Crippen LogP contribution in [0.15, 0.2) is 59.8 Å². The average molecular weight is 492 g/mol. The van der Waals surface area contributed by atoms with E-state index in [0.717, 1.165) is 47.7 Å². The number of nitrogens with one attached hydrogen (secondary N) is 2. The molecule has 184 valence electrons. The number of pyridine rings is 1. The molecule has 0 atom stereocenters. The van der Waals surface area contributed by atoms with Crippen LogP contribution < -0.4 is 10.6 Å². The number of hydrogen-bond donors (Lipinski definition) is 2. The summed E-state index contributed by atoms with van der Waals surface area (Å²) in [5.41, 5.74) is 2.65. The SMILES string of the molecule is O=C(NC1CCN(C(=O)NC2CCCCC2)CC1)c1ccc(SCc2cn3ccccc3n2)cc1. The summed E-state index contributed by atoms with van der Waals surface area (Å²) >= 11 is 1.71. The van der Waals surface area contributed by atoms with Crippen molar-refractivity contribution in [1.82, 2.24) is 24.9 Å². The van der Waals surface area contributed by atoms with E-state index in [0.29, 0.717) is 24.7 Å². The molecule has 3 amide bonds. The molecule has 1 aliphatic carbocycles. The second-order valence-corrected chi connectivity index (χ2v) is 10.6. The predicted molar refractivity (Wildman–Crippen MR) is 139 cm³/mol. The van der Waals surface area contributed by atoms with Crippen molar-refractivity contribution in [3.63, 3.8) is 0 Å². The summed E-state index contributed by atoms with van der Waals surface area (Å²) in [5.74, 6) is 0.729. The topological polar surface area (TPSA) is 78.7 Å². The van der Waals surface area contributed by atoms with Gasteiger partial charge in [0.25, 0.3) is 5.91 Å². The van der Waals surface area contributed by atoms with E-state index in [9.17, 15) is 9.59 Å². The molecule has 8 heteroatoms. The summed E-state index contributed by atoms with van der Waals surface area (Å²) in [6, 6.07) is 14.2. The lowest BCUT2D eigenvalue weighted by Gasteiger charge is -2.34. The van der Waals surface area contributed by atoms with Gasteiger partial charge in [0.2, 0.25) is 0 Å². The first-order chi connectivity index (χ1) is 17.1. The fraction of sp³-hybridized carbons (Fsp3) is 0.444. The van der Waals surface area contributed by atoms with Gasteiger partial charge in [-0.2, -0.15) is 0 Å². The first kappa shape index (κ1) is 23.7. The highest BCUT2D eigenvalue weighted by atomic mass is 32.2. The van der Waals surface area contributed by atoms with Crippen LogP contribution >= 0.6 is 11.8 Å². The number of rotatable bonds is 6. The van der Waals surface area contributed by atoms with Gasteiger partial charge in [0, 0.05) is 53.8 Å². The summed E-state index contributed by atoms with van der Waals surface area (Å²) < 4.78 is 2.02. The molecule has 1 aromatic carbocycles. The molecule has 3 heterocycles. The average Bonchev–Trinajstić information content (AvgIpc) is 3.32. The number of urea groups is 1. The number of fused-ring (bicyclic) bond motifs is 1. The number of carbonyl (C=O) groups excluding carboxylic acids is 2. The Labute approximate surface area is 210 Å². The summed E-state index contributed by atoms with van der Waals surface area (Å²) in [7, 11) is 0. The first-order valence-corrected chi connectivity index (χ1v) is 13.6. The zero-order chi connectivity index (χ0) is 24.0. The van der Waals surface area contributed by atoms with Gasteiger partial charge in [-0.15, -0.1) is 11.8 Å². The zero-order valence-electron chi connectivity index (χ0n) is 20.0. The molecular formula is C27H33N5O2S. The summed E-state index contributed by atoms with van der Waals surface area (Å²) in [6.45, 7) is 1.37. The van der Waals surface area contributed by atoms with E-state index in [4.69, 9.17) is 0 Å². The summed E-state index contributed by atoms with van der Waals surface area (Å²) in [5, 5.41) is 6.35. The van der Waals surface area contributed by atoms with Gasteiger partial charge in [-0.05, 0) is 62.1 Å². The second kappa shape index (κ2) is 11.2. The van der Waals surface area contributed by atoms with Crippen LogP contribution in [0.2, 0.25) is 0 Å². The molecule has 0 unspecified atom stereocenters. The van der Waals surface area contributed by atoms with Gasteiger partial charge in [0.05, 0.1) is 5.69 Å². The Morgan fingerprint density at radius 3 is 2.40 bits per heavy atom. The Bertz CT molecular complexity index is 1110.